The zero-order valence-corrected chi connectivity index (χ0v) is 16.2. The predicted octanol–water partition coefficient (Wildman–Crippen LogP) is 3.18. The third-order valence-corrected chi connectivity index (χ3v) is 6.71. The summed E-state index contributed by atoms with van der Waals surface area (Å²) in [6, 6.07) is 7.24. The minimum atomic E-state index is -0.817. The highest BCUT2D eigenvalue weighted by Gasteiger charge is 2.53. The van der Waals surface area contributed by atoms with Gasteiger partial charge in [0.1, 0.15) is 4.70 Å². The van der Waals surface area contributed by atoms with Crippen molar-refractivity contribution in [2.75, 3.05) is 0 Å². The van der Waals surface area contributed by atoms with Crippen molar-refractivity contribution in [1.29, 1.82) is 0 Å². The average Bonchev–Trinajstić information content (AvgIpc) is 3.01. The van der Waals surface area contributed by atoms with Crippen LogP contribution >= 0.6 is 11.3 Å². The van der Waals surface area contributed by atoms with E-state index in [0.29, 0.717) is 15.9 Å². The molecule has 1 aliphatic heterocycles. The number of fused-ring (bicyclic) bond motifs is 3. The van der Waals surface area contributed by atoms with Crippen LogP contribution in [0.4, 0.5) is 0 Å². The number of nitrogens with one attached hydrogen (secondary N) is 1. The summed E-state index contributed by atoms with van der Waals surface area (Å²) in [5, 5.41) is 13.8. The van der Waals surface area contributed by atoms with Crippen LogP contribution in [0.1, 0.15) is 43.7 Å². The summed E-state index contributed by atoms with van der Waals surface area (Å²) in [6.45, 7) is 9.29. The first kappa shape index (κ1) is 17.2. The zero-order valence-electron chi connectivity index (χ0n) is 15.3. The first-order valence-corrected chi connectivity index (χ1v) is 9.25. The van der Waals surface area contributed by atoms with E-state index in [1.165, 1.54) is 11.3 Å². The SMILES string of the molecule is Cc1ccc(-n2c(=O)[nH]c3c4c(sc3c2=O)C(C)(C)N([O])C4(C)C)cc1. The predicted molar refractivity (Wildman–Crippen MR) is 101 cm³/mol. The molecule has 1 aromatic carbocycles. The second kappa shape index (κ2) is 5.16. The first-order valence-electron chi connectivity index (χ1n) is 8.44. The summed E-state index contributed by atoms with van der Waals surface area (Å²) in [7, 11) is 0. The van der Waals surface area contributed by atoms with Gasteiger partial charge in [-0.1, -0.05) is 17.7 Å². The molecule has 3 aromatic rings. The van der Waals surface area contributed by atoms with Crippen molar-refractivity contribution in [1.82, 2.24) is 14.6 Å². The average molecular weight is 370 g/mol. The first-order chi connectivity index (χ1) is 12.1. The second-order valence-electron chi connectivity index (χ2n) is 7.83. The van der Waals surface area contributed by atoms with Gasteiger partial charge in [0.2, 0.25) is 0 Å². The standard InChI is InChI=1S/C19H20N3O3S/c1-10-6-8-11(9-7-10)21-16(23)14-13(20-17(21)24)12-15(26-14)19(4,5)22(25)18(12,2)3/h6-9H,1-5H3,(H,20,24). The van der Waals surface area contributed by atoms with Crippen LogP contribution in [-0.4, -0.2) is 14.6 Å². The van der Waals surface area contributed by atoms with Crippen LogP contribution in [0.5, 0.6) is 0 Å². The summed E-state index contributed by atoms with van der Waals surface area (Å²) in [5.74, 6) is 0. The lowest BCUT2D eigenvalue weighted by Gasteiger charge is -2.32. The molecule has 0 amide bonds. The van der Waals surface area contributed by atoms with Crippen LogP contribution in [0.2, 0.25) is 0 Å². The van der Waals surface area contributed by atoms with Gasteiger partial charge in [0.15, 0.2) is 0 Å². The molecule has 2 aromatic heterocycles. The molecule has 0 saturated heterocycles. The number of hydrogen-bond acceptors (Lipinski definition) is 4. The van der Waals surface area contributed by atoms with E-state index >= 15 is 0 Å². The maximum atomic E-state index is 13.1. The minimum Gasteiger partial charge on any atom is -0.305 e. The van der Waals surface area contributed by atoms with Gasteiger partial charge < -0.3 is 4.98 Å². The van der Waals surface area contributed by atoms with Crippen LogP contribution < -0.4 is 11.2 Å². The molecule has 0 aliphatic carbocycles. The van der Waals surface area contributed by atoms with Crippen LogP contribution in [0, 0.1) is 6.92 Å². The fraction of sp³-hybridized carbons (Fsp3) is 0.368. The highest BCUT2D eigenvalue weighted by molar-refractivity contribution is 7.19. The number of H-pyrrole nitrogens is 1. The van der Waals surface area contributed by atoms with Gasteiger partial charge in [-0.05, 0) is 46.8 Å². The molecule has 0 fully saturated rings. The Balaban J connectivity index is 2.08. The lowest BCUT2D eigenvalue weighted by atomic mass is 9.97. The van der Waals surface area contributed by atoms with E-state index in [2.05, 4.69) is 4.98 Å². The van der Waals surface area contributed by atoms with E-state index in [4.69, 9.17) is 0 Å². The number of hydrogen-bond donors (Lipinski definition) is 1. The molecule has 6 nitrogen and oxygen atoms in total. The molecule has 4 rings (SSSR count). The van der Waals surface area contributed by atoms with E-state index in [1.807, 2.05) is 46.8 Å². The quantitative estimate of drug-likeness (QED) is 0.715. The summed E-state index contributed by atoms with van der Waals surface area (Å²) in [6.07, 6.45) is 0. The summed E-state index contributed by atoms with van der Waals surface area (Å²) in [5.41, 5.74) is 0.404. The molecular weight excluding hydrogens is 350 g/mol. The van der Waals surface area contributed by atoms with Gasteiger partial charge in [0.05, 0.1) is 22.3 Å². The molecule has 26 heavy (non-hydrogen) atoms. The zero-order chi connectivity index (χ0) is 19.0. The number of hydroxylamine groups is 2. The van der Waals surface area contributed by atoms with Gasteiger partial charge in [-0.15, -0.1) is 21.6 Å². The molecule has 0 spiro atoms. The maximum Gasteiger partial charge on any atom is 0.333 e. The van der Waals surface area contributed by atoms with Crippen molar-refractivity contribution >= 4 is 21.6 Å². The monoisotopic (exact) mass is 370 g/mol. The molecule has 1 radical (unpaired) electrons. The fourth-order valence-electron chi connectivity index (χ4n) is 3.89. The van der Waals surface area contributed by atoms with E-state index in [-0.39, 0.29) is 5.56 Å². The van der Waals surface area contributed by atoms with Gasteiger partial charge in [-0.2, -0.15) is 0 Å². The van der Waals surface area contributed by atoms with E-state index in [9.17, 15) is 14.8 Å². The normalized spacial score (nSPS) is 18.4. The van der Waals surface area contributed by atoms with Crippen LogP contribution in [0.25, 0.3) is 15.9 Å². The maximum absolute atomic E-state index is 13.1. The molecular formula is C19H20N3O3S. The number of nitrogens with zero attached hydrogens (tertiary/aromatic N) is 2. The number of aromatic amines is 1. The van der Waals surface area contributed by atoms with Crippen molar-refractivity contribution in [2.24, 2.45) is 0 Å². The van der Waals surface area contributed by atoms with Gasteiger partial charge >= 0.3 is 5.69 Å². The van der Waals surface area contributed by atoms with E-state index < -0.39 is 16.8 Å². The topological polar surface area (TPSA) is 78.0 Å². The highest BCUT2D eigenvalue weighted by atomic mass is 32.1. The number of benzene rings is 1. The van der Waals surface area contributed by atoms with Gasteiger partial charge in [-0.25, -0.2) is 9.36 Å². The Morgan fingerprint density at radius 3 is 2.23 bits per heavy atom. The Morgan fingerprint density at radius 1 is 1.00 bits per heavy atom. The van der Waals surface area contributed by atoms with Crippen molar-refractivity contribution < 1.29 is 5.21 Å². The minimum absolute atomic E-state index is 0.351. The van der Waals surface area contributed by atoms with Gasteiger partial charge in [-0.3, -0.25) is 4.79 Å². The lowest BCUT2D eigenvalue weighted by molar-refractivity contribution is -0.265. The number of aromatic nitrogens is 2. The molecule has 0 unspecified atom stereocenters. The van der Waals surface area contributed by atoms with Crippen LogP contribution in [0.15, 0.2) is 33.9 Å². The Bertz CT molecular complexity index is 1150. The molecule has 1 aliphatic rings. The fourth-order valence-corrected chi connectivity index (χ4v) is 5.32. The smallest absolute Gasteiger partial charge is 0.305 e. The largest absolute Gasteiger partial charge is 0.333 e. The van der Waals surface area contributed by atoms with E-state index in [1.54, 1.807) is 12.1 Å². The molecule has 135 valence electrons. The Morgan fingerprint density at radius 2 is 1.62 bits per heavy atom. The molecule has 0 saturated carbocycles. The van der Waals surface area contributed by atoms with Crippen molar-refractivity contribution in [3.63, 3.8) is 0 Å². The van der Waals surface area contributed by atoms with E-state index in [0.717, 1.165) is 25.6 Å². The number of aryl methyl sites for hydroxylation is 1. The van der Waals surface area contributed by atoms with Gasteiger partial charge in [0.25, 0.3) is 5.56 Å². The summed E-state index contributed by atoms with van der Waals surface area (Å²) in [4.78, 5) is 29.5. The molecule has 0 bridgehead atoms. The Labute approximate surface area is 154 Å². The molecule has 0 atom stereocenters. The third-order valence-electron chi connectivity index (χ3n) is 5.22. The highest BCUT2D eigenvalue weighted by Crippen LogP contribution is 2.53. The van der Waals surface area contributed by atoms with Crippen molar-refractivity contribution in [3.8, 4) is 5.69 Å². The molecule has 7 heteroatoms. The van der Waals surface area contributed by atoms with Crippen LogP contribution in [-0.2, 0) is 16.3 Å². The number of thiophene rings is 1. The number of rotatable bonds is 1. The van der Waals surface area contributed by atoms with Crippen LogP contribution in [0.3, 0.4) is 0 Å². The lowest BCUT2D eigenvalue weighted by Crippen LogP contribution is -2.42. The van der Waals surface area contributed by atoms with Gasteiger partial charge in [0, 0.05) is 10.4 Å². The third kappa shape index (κ3) is 2.05. The second-order valence-corrected chi connectivity index (χ2v) is 8.85. The van der Waals surface area contributed by atoms with Crippen molar-refractivity contribution in [2.45, 2.75) is 45.7 Å². The van der Waals surface area contributed by atoms with Crippen molar-refractivity contribution in [3.05, 3.63) is 61.1 Å². The summed E-state index contributed by atoms with van der Waals surface area (Å²) >= 11 is 1.30. The molecule has 3 heterocycles. The summed E-state index contributed by atoms with van der Waals surface area (Å²) < 4.78 is 1.63. The molecule has 1 N–H and O–H groups in total. The Hall–Kier alpha value is -2.22. The Kier molecular flexibility index (Phi) is 3.41.